The summed E-state index contributed by atoms with van der Waals surface area (Å²) in [5.74, 6) is 1.36. The molecule has 188 valence electrons. The molecule has 9 heteroatoms. The number of rotatable bonds is 12. The Morgan fingerprint density at radius 3 is 2.09 bits per heavy atom. The Hall–Kier alpha value is -2.33. The van der Waals surface area contributed by atoms with Crippen molar-refractivity contribution in [3.05, 3.63) is 54.6 Å². The number of aliphatic hydroxyl groups excluding tert-OH is 1. The smallest absolute Gasteiger partial charge is 0.211 e. The van der Waals surface area contributed by atoms with Crippen LogP contribution < -0.4 is 14.4 Å². The molecule has 0 amide bonds. The van der Waals surface area contributed by atoms with Crippen molar-refractivity contribution in [3.63, 3.8) is 0 Å². The molecule has 2 aromatic rings. The highest BCUT2D eigenvalue weighted by atomic mass is 32.2. The quantitative estimate of drug-likeness (QED) is 0.488. The summed E-state index contributed by atoms with van der Waals surface area (Å²) in [4.78, 5) is 4.82. The van der Waals surface area contributed by atoms with Crippen molar-refractivity contribution in [1.29, 1.82) is 0 Å². The van der Waals surface area contributed by atoms with Crippen LogP contribution in [0.15, 0.2) is 54.6 Å². The Balaban J connectivity index is 1.35. The molecule has 0 unspecified atom stereocenters. The van der Waals surface area contributed by atoms with Crippen LogP contribution in [0.2, 0.25) is 0 Å². The number of anilines is 1. The number of nitrogens with zero attached hydrogens (tertiary/aromatic N) is 3. The third-order valence-electron chi connectivity index (χ3n) is 5.83. The van der Waals surface area contributed by atoms with Crippen molar-refractivity contribution in [3.8, 4) is 11.5 Å². The van der Waals surface area contributed by atoms with Crippen LogP contribution >= 0.6 is 0 Å². The Bertz CT molecular complexity index is 962. The number of hydrogen-bond acceptors (Lipinski definition) is 7. The average Bonchev–Trinajstić information content (AvgIpc) is 2.82. The van der Waals surface area contributed by atoms with Gasteiger partial charge >= 0.3 is 0 Å². The maximum atomic E-state index is 11.8. The van der Waals surface area contributed by atoms with Crippen molar-refractivity contribution >= 4 is 15.7 Å². The van der Waals surface area contributed by atoms with E-state index < -0.39 is 16.1 Å². The molecule has 3 rings (SSSR count). The number of sulfonamides is 1. The van der Waals surface area contributed by atoms with Gasteiger partial charge in [-0.15, -0.1) is 0 Å². The van der Waals surface area contributed by atoms with Crippen molar-refractivity contribution < 1.29 is 23.0 Å². The van der Waals surface area contributed by atoms with Crippen molar-refractivity contribution in [2.45, 2.75) is 26.0 Å². The van der Waals surface area contributed by atoms with Crippen LogP contribution in [0, 0.1) is 0 Å². The zero-order chi connectivity index (χ0) is 24.6. The average molecular weight is 492 g/mol. The Kier molecular flexibility index (Phi) is 9.58. The van der Waals surface area contributed by atoms with Gasteiger partial charge in [-0.1, -0.05) is 18.2 Å². The van der Waals surface area contributed by atoms with Gasteiger partial charge in [-0.2, -0.15) is 4.31 Å². The van der Waals surface area contributed by atoms with Crippen LogP contribution in [-0.2, 0) is 10.0 Å². The molecule has 8 nitrogen and oxygen atoms in total. The molecule has 0 saturated carbocycles. The van der Waals surface area contributed by atoms with E-state index in [0.717, 1.165) is 44.7 Å². The van der Waals surface area contributed by atoms with Gasteiger partial charge in [0.15, 0.2) is 0 Å². The predicted octanol–water partition coefficient (Wildman–Crippen LogP) is 2.30. The molecule has 0 bridgehead atoms. The third-order valence-corrected chi connectivity index (χ3v) is 7.25. The van der Waals surface area contributed by atoms with E-state index in [-0.39, 0.29) is 19.2 Å². The van der Waals surface area contributed by atoms with E-state index in [1.54, 1.807) is 26.0 Å². The summed E-state index contributed by atoms with van der Waals surface area (Å²) in [7, 11) is -3.39. The normalized spacial score (nSPS) is 16.1. The number of ether oxygens (including phenoxy) is 2. The van der Waals surface area contributed by atoms with E-state index in [0.29, 0.717) is 12.4 Å². The van der Waals surface area contributed by atoms with Crippen LogP contribution in [0.5, 0.6) is 11.5 Å². The summed E-state index contributed by atoms with van der Waals surface area (Å²) in [6, 6.07) is 17.5. The van der Waals surface area contributed by atoms with Crippen LogP contribution in [-0.4, -0.2) is 93.6 Å². The van der Waals surface area contributed by atoms with Gasteiger partial charge in [0, 0.05) is 51.0 Å². The van der Waals surface area contributed by atoms with Gasteiger partial charge in [0.05, 0.1) is 6.26 Å². The largest absolute Gasteiger partial charge is 0.492 e. The van der Waals surface area contributed by atoms with E-state index in [4.69, 9.17) is 9.47 Å². The van der Waals surface area contributed by atoms with E-state index >= 15 is 0 Å². The lowest BCUT2D eigenvalue weighted by molar-refractivity contribution is 0.0841. The molecule has 1 aliphatic rings. The zero-order valence-corrected chi connectivity index (χ0v) is 21.2. The summed E-state index contributed by atoms with van der Waals surface area (Å²) in [6.07, 6.45) is 0.222. The summed E-state index contributed by atoms with van der Waals surface area (Å²) in [5.41, 5.74) is 1.28. The van der Waals surface area contributed by atoms with E-state index in [1.807, 2.05) is 18.2 Å². The first-order valence-electron chi connectivity index (χ1n) is 11.8. The second-order valence-corrected chi connectivity index (χ2v) is 10.8. The van der Waals surface area contributed by atoms with Crippen molar-refractivity contribution in [2.75, 3.05) is 63.6 Å². The van der Waals surface area contributed by atoms with Gasteiger partial charge in [0.25, 0.3) is 0 Å². The fourth-order valence-electron chi connectivity index (χ4n) is 3.98. The number of para-hydroxylation sites is 1. The molecule has 0 aliphatic carbocycles. The molecule has 1 aliphatic heterocycles. The van der Waals surface area contributed by atoms with Gasteiger partial charge in [-0.25, -0.2) is 8.42 Å². The van der Waals surface area contributed by atoms with Crippen LogP contribution in [0.25, 0.3) is 0 Å². The molecule has 1 fully saturated rings. The highest BCUT2D eigenvalue weighted by molar-refractivity contribution is 7.88. The predicted molar refractivity (Wildman–Crippen MR) is 135 cm³/mol. The van der Waals surface area contributed by atoms with Crippen molar-refractivity contribution in [2.24, 2.45) is 0 Å². The van der Waals surface area contributed by atoms with E-state index in [9.17, 15) is 13.5 Å². The van der Waals surface area contributed by atoms with Gasteiger partial charge in [0.2, 0.25) is 10.0 Å². The molecule has 1 saturated heterocycles. The molecule has 34 heavy (non-hydrogen) atoms. The summed E-state index contributed by atoms with van der Waals surface area (Å²) in [5, 5.41) is 10.2. The molecule has 0 spiro atoms. The first-order valence-corrected chi connectivity index (χ1v) is 13.6. The molecule has 0 aromatic heterocycles. The Morgan fingerprint density at radius 2 is 1.53 bits per heavy atom. The minimum absolute atomic E-state index is 0.00268. The number of piperazine rings is 1. The van der Waals surface area contributed by atoms with Crippen LogP contribution in [0.3, 0.4) is 0 Å². The second-order valence-electron chi connectivity index (χ2n) is 8.88. The minimum Gasteiger partial charge on any atom is -0.492 e. The molecule has 1 heterocycles. The topological polar surface area (TPSA) is 82.6 Å². The maximum absolute atomic E-state index is 11.8. The van der Waals surface area contributed by atoms with E-state index in [1.165, 1.54) is 9.99 Å². The third kappa shape index (κ3) is 8.16. The molecule has 1 N–H and O–H groups in total. The first-order chi connectivity index (χ1) is 16.2. The lowest BCUT2D eigenvalue weighted by atomic mass is 10.2. The fourth-order valence-corrected chi connectivity index (χ4v) is 5.18. The standard InChI is InChI=1S/C25H37N3O5S/c1-21(2)28(34(3,30)31)19-23(29)20-33-25-11-9-24(10-12-25)32-18-17-26-13-15-27(16-14-26)22-7-5-4-6-8-22/h4-12,21,23,29H,13-20H2,1-3H3/t23-/m0/s1. The van der Waals surface area contributed by atoms with Crippen LogP contribution in [0.1, 0.15) is 13.8 Å². The maximum Gasteiger partial charge on any atom is 0.211 e. The molecular weight excluding hydrogens is 454 g/mol. The SMILES string of the molecule is CC(C)N(C[C@H](O)COc1ccc(OCCN2CCN(c3ccccc3)CC2)cc1)S(C)(=O)=O. The first kappa shape index (κ1) is 26.3. The van der Waals surface area contributed by atoms with Gasteiger partial charge in [0.1, 0.15) is 30.8 Å². The summed E-state index contributed by atoms with van der Waals surface area (Å²) < 4.78 is 36.4. The number of benzene rings is 2. The Morgan fingerprint density at radius 1 is 0.941 bits per heavy atom. The Labute approximate surface area is 203 Å². The number of aliphatic hydroxyl groups is 1. The van der Waals surface area contributed by atoms with Crippen LogP contribution in [0.4, 0.5) is 5.69 Å². The number of hydrogen-bond donors (Lipinski definition) is 1. The minimum atomic E-state index is -3.39. The molecule has 2 aromatic carbocycles. The van der Waals surface area contributed by atoms with Gasteiger partial charge in [-0.05, 0) is 50.2 Å². The molecule has 1 atom stereocenters. The zero-order valence-electron chi connectivity index (χ0n) is 20.3. The molecule has 0 radical (unpaired) electrons. The lowest BCUT2D eigenvalue weighted by Gasteiger charge is -2.36. The highest BCUT2D eigenvalue weighted by Gasteiger charge is 2.23. The molecular formula is C25H37N3O5S. The second kappa shape index (κ2) is 12.4. The van der Waals surface area contributed by atoms with Crippen molar-refractivity contribution in [1.82, 2.24) is 9.21 Å². The van der Waals surface area contributed by atoms with E-state index in [2.05, 4.69) is 34.1 Å². The van der Waals surface area contributed by atoms with Gasteiger partial charge < -0.3 is 19.5 Å². The fraction of sp³-hybridized carbons (Fsp3) is 0.520. The monoisotopic (exact) mass is 491 g/mol. The lowest BCUT2D eigenvalue weighted by Crippen LogP contribution is -2.47. The van der Waals surface area contributed by atoms with Gasteiger partial charge in [-0.3, -0.25) is 4.90 Å². The summed E-state index contributed by atoms with van der Waals surface area (Å²) in [6.45, 7) is 9.10. The summed E-state index contributed by atoms with van der Waals surface area (Å²) >= 11 is 0. The highest BCUT2D eigenvalue weighted by Crippen LogP contribution is 2.19.